The maximum absolute atomic E-state index is 10.2. The van der Waals surface area contributed by atoms with Crippen LogP contribution in [0.5, 0.6) is 0 Å². The number of rotatable bonds is 2. The Bertz CT molecular complexity index is 143. The third kappa shape index (κ3) is 4.60. The summed E-state index contributed by atoms with van der Waals surface area (Å²) in [5.74, 6) is -0.536. The van der Waals surface area contributed by atoms with Crippen LogP contribution in [0.2, 0.25) is 0 Å². The van der Waals surface area contributed by atoms with Crippen molar-refractivity contribution in [3.8, 4) is 0 Å². The Balaban J connectivity index is 0. The molecule has 1 saturated carbocycles. The van der Waals surface area contributed by atoms with Crippen LogP contribution in [0.1, 0.15) is 27.1 Å². The van der Waals surface area contributed by atoms with Crippen LogP contribution in [0.4, 0.5) is 0 Å². The molecule has 0 aromatic rings. The Morgan fingerprint density at radius 1 is 1.55 bits per heavy atom. The van der Waals surface area contributed by atoms with Crippen molar-refractivity contribution in [1.82, 2.24) is 0 Å². The Morgan fingerprint density at radius 2 is 2.18 bits per heavy atom. The zero-order chi connectivity index (χ0) is 7.56. The predicted molar refractivity (Wildman–Crippen MR) is 36.7 cm³/mol. The maximum atomic E-state index is 10.2. The number of aliphatic hydroxyl groups excluding tert-OH is 1. The summed E-state index contributed by atoms with van der Waals surface area (Å²) in [6.07, 6.45) is 2.29. The van der Waals surface area contributed by atoms with Gasteiger partial charge in [0, 0.05) is 6.42 Å². The summed E-state index contributed by atoms with van der Waals surface area (Å²) in [6, 6.07) is 0. The smallest absolute Gasteiger partial charge is 1.00 e. The van der Waals surface area contributed by atoms with E-state index in [4.69, 9.17) is 10.2 Å². The van der Waals surface area contributed by atoms with Gasteiger partial charge in [-0.3, -0.25) is 4.79 Å². The van der Waals surface area contributed by atoms with E-state index < -0.39 is 5.97 Å². The van der Waals surface area contributed by atoms with Gasteiger partial charge in [0.2, 0.25) is 0 Å². The molecule has 1 aliphatic carbocycles. The Kier molecular flexibility index (Phi) is 6.22. The number of hydrogen-bond acceptors (Lipinski definition) is 2. The Hall–Kier alpha value is 1.07. The second kappa shape index (κ2) is 5.67. The van der Waals surface area contributed by atoms with Crippen LogP contribution in [0, 0.1) is 5.92 Å². The minimum absolute atomic E-state index is 0. The molecule has 0 amide bonds. The minimum Gasteiger partial charge on any atom is -1.00 e. The van der Waals surface area contributed by atoms with Gasteiger partial charge in [0.1, 0.15) is 0 Å². The molecule has 0 bridgehead atoms. The van der Waals surface area contributed by atoms with Crippen molar-refractivity contribution in [2.45, 2.75) is 31.8 Å². The molecule has 3 nitrogen and oxygen atoms in total. The average Bonchev–Trinajstić information content (AvgIpc) is 2.13. The fraction of sp³-hybridized carbons (Fsp3) is 0.857. The standard InChI is InChI=1S/C7H12O3.K.H/c8-6-2-1-5(3-6)4-7(9)10;;/h5-6,8H,1-4H2,(H,9,10);;/q;+1;-1. The van der Waals surface area contributed by atoms with Gasteiger partial charge in [0.05, 0.1) is 6.10 Å². The molecule has 2 atom stereocenters. The second-order valence-corrected chi connectivity index (χ2v) is 2.93. The van der Waals surface area contributed by atoms with Gasteiger partial charge in [-0.1, -0.05) is 0 Å². The fourth-order valence-corrected chi connectivity index (χ4v) is 1.48. The topological polar surface area (TPSA) is 57.5 Å². The van der Waals surface area contributed by atoms with Crippen LogP contribution in [0.15, 0.2) is 0 Å². The van der Waals surface area contributed by atoms with E-state index in [1.165, 1.54) is 0 Å². The summed E-state index contributed by atoms with van der Waals surface area (Å²) in [5.41, 5.74) is 0. The maximum Gasteiger partial charge on any atom is 1.00 e. The first kappa shape index (κ1) is 12.1. The molecule has 0 heterocycles. The Morgan fingerprint density at radius 3 is 2.55 bits per heavy atom. The first-order valence-corrected chi connectivity index (χ1v) is 3.58. The fourth-order valence-electron chi connectivity index (χ4n) is 1.48. The summed E-state index contributed by atoms with van der Waals surface area (Å²) in [5, 5.41) is 17.4. The van der Waals surface area contributed by atoms with Crippen molar-refractivity contribution in [3.05, 3.63) is 0 Å². The quantitative estimate of drug-likeness (QED) is 0.476. The number of carbonyl (C=O) groups is 1. The SMILES string of the molecule is O=C(O)CC1CCC(O)C1.[H-].[K+]. The molecule has 1 aliphatic rings. The van der Waals surface area contributed by atoms with Gasteiger partial charge in [-0.05, 0) is 25.2 Å². The van der Waals surface area contributed by atoms with Gasteiger partial charge in [-0.15, -0.1) is 0 Å². The van der Waals surface area contributed by atoms with Gasteiger partial charge < -0.3 is 11.6 Å². The molecular formula is C7H13KO3. The molecule has 0 radical (unpaired) electrons. The van der Waals surface area contributed by atoms with Crippen LogP contribution < -0.4 is 51.4 Å². The van der Waals surface area contributed by atoms with E-state index in [2.05, 4.69) is 0 Å². The summed E-state index contributed by atoms with van der Waals surface area (Å²) in [4.78, 5) is 10.2. The van der Waals surface area contributed by atoms with Crippen LogP contribution in [0.3, 0.4) is 0 Å². The van der Waals surface area contributed by atoms with Gasteiger partial charge in [0.25, 0.3) is 0 Å². The van der Waals surface area contributed by atoms with E-state index in [0.29, 0.717) is 6.42 Å². The molecule has 0 spiro atoms. The molecule has 0 aliphatic heterocycles. The summed E-state index contributed by atoms with van der Waals surface area (Å²) in [7, 11) is 0. The van der Waals surface area contributed by atoms with Gasteiger partial charge >= 0.3 is 57.4 Å². The molecular weight excluding hydrogens is 171 g/mol. The van der Waals surface area contributed by atoms with E-state index in [0.717, 1.165) is 12.8 Å². The molecule has 4 heteroatoms. The van der Waals surface area contributed by atoms with Crippen molar-refractivity contribution >= 4 is 5.97 Å². The van der Waals surface area contributed by atoms with Crippen LogP contribution >= 0.6 is 0 Å². The first-order valence-electron chi connectivity index (χ1n) is 3.58. The molecule has 0 aromatic carbocycles. The van der Waals surface area contributed by atoms with Crippen LogP contribution in [-0.4, -0.2) is 22.3 Å². The van der Waals surface area contributed by atoms with Crippen LogP contribution in [0.25, 0.3) is 0 Å². The van der Waals surface area contributed by atoms with Crippen molar-refractivity contribution in [2.24, 2.45) is 5.92 Å². The van der Waals surface area contributed by atoms with E-state index in [-0.39, 0.29) is 71.3 Å². The molecule has 11 heavy (non-hydrogen) atoms. The minimum atomic E-state index is -0.751. The van der Waals surface area contributed by atoms with E-state index in [9.17, 15) is 4.79 Å². The van der Waals surface area contributed by atoms with Gasteiger partial charge in [-0.2, -0.15) is 0 Å². The molecule has 2 unspecified atom stereocenters. The van der Waals surface area contributed by atoms with E-state index in [1.54, 1.807) is 0 Å². The van der Waals surface area contributed by atoms with Crippen molar-refractivity contribution in [1.29, 1.82) is 0 Å². The summed E-state index contributed by atoms with van der Waals surface area (Å²) >= 11 is 0. The molecule has 1 rings (SSSR count). The van der Waals surface area contributed by atoms with E-state index in [1.807, 2.05) is 0 Å². The zero-order valence-electron chi connectivity index (χ0n) is 7.79. The molecule has 0 aromatic heterocycles. The number of carboxylic acids is 1. The van der Waals surface area contributed by atoms with Gasteiger partial charge in [0.15, 0.2) is 0 Å². The third-order valence-corrected chi connectivity index (χ3v) is 1.98. The number of hydrogen-bond donors (Lipinski definition) is 2. The van der Waals surface area contributed by atoms with Crippen molar-refractivity contribution in [3.63, 3.8) is 0 Å². The largest absolute Gasteiger partial charge is 1.00 e. The number of carboxylic acid groups (broad SMARTS) is 1. The predicted octanol–water partition coefficient (Wildman–Crippen LogP) is -2.26. The summed E-state index contributed by atoms with van der Waals surface area (Å²) in [6.45, 7) is 0. The molecule has 60 valence electrons. The third-order valence-electron chi connectivity index (χ3n) is 1.98. The average molecular weight is 184 g/mol. The molecule has 2 N–H and O–H groups in total. The first-order chi connectivity index (χ1) is 4.68. The van der Waals surface area contributed by atoms with E-state index >= 15 is 0 Å². The Labute approximate surface area is 110 Å². The second-order valence-electron chi connectivity index (χ2n) is 2.93. The monoisotopic (exact) mass is 184 g/mol. The van der Waals surface area contributed by atoms with Crippen molar-refractivity contribution < 1.29 is 67.8 Å². The summed E-state index contributed by atoms with van der Waals surface area (Å²) < 4.78 is 0. The number of aliphatic carboxylic acids is 1. The van der Waals surface area contributed by atoms with Crippen molar-refractivity contribution in [2.75, 3.05) is 0 Å². The van der Waals surface area contributed by atoms with Crippen LogP contribution in [-0.2, 0) is 4.79 Å². The zero-order valence-corrected chi connectivity index (χ0v) is 9.91. The van der Waals surface area contributed by atoms with Gasteiger partial charge in [-0.25, -0.2) is 0 Å². The normalized spacial score (nSPS) is 29.5. The number of aliphatic hydroxyl groups is 1. The molecule has 1 fully saturated rings. The molecule has 0 saturated heterocycles.